The number of hydrogen-bond donors (Lipinski definition) is 2. The summed E-state index contributed by atoms with van der Waals surface area (Å²) in [5.74, 6) is 0. The summed E-state index contributed by atoms with van der Waals surface area (Å²) in [4.78, 5) is 12.9. The van der Waals surface area contributed by atoms with Gasteiger partial charge >= 0.3 is 0 Å². The first kappa shape index (κ1) is 12.5. The standard InChI is InChI=1S/C16H10N6S/c1-2-10(17-6-1)15-16(12-8-18-22-21-12)20-14-9-5-7-23-13(9)4-3-11(14)19-15/h1-8,17H,(H,18,21,22). The minimum absolute atomic E-state index is 0.677. The minimum atomic E-state index is 0.677. The molecule has 0 spiro atoms. The molecule has 6 nitrogen and oxygen atoms in total. The van der Waals surface area contributed by atoms with E-state index in [0.29, 0.717) is 11.4 Å². The van der Waals surface area contributed by atoms with Gasteiger partial charge in [-0.05, 0) is 35.7 Å². The lowest BCUT2D eigenvalue weighted by Gasteiger charge is -2.07. The third-order valence-electron chi connectivity index (χ3n) is 3.78. The van der Waals surface area contributed by atoms with E-state index in [-0.39, 0.29) is 0 Å². The van der Waals surface area contributed by atoms with Gasteiger partial charge in [0, 0.05) is 16.3 Å². The number of fused-ring (bicyclic) bond motifs is 3. The average Bonchev–Trinajstić information content (AvgIpc) is 3.35. The van der Waals surface area contributed by atoms with Crippen LogP contribution in [-0.4, -0.2) is 30.4 Å². The van der Waals surface area contributed by atoms with E-state index < -0.39 is 0 Å². The zero-order valence-electron chi connectivity index (χ0n) is 11.8. The van der Waals surface area contributed by atoms with Crippen molar-refractivity contribution < 1.29 is 0 Å². The van der Waals surface area contributed by atoms with Gasteiger partial charge in [0.2, 0.25) is 0 Å². The van der Waals surface area contributed by atoms with Crippen molar-refractivity contribution in [2.75, 3.05) is 0 Å². The molecule has 7 heteroatoms. The first-order chi connectivity index (χ1) is 11.4. The van der Waals surface area contributed by atoms with Crippen molar-refractivity contribution in [3.8, 4) is 22.8 Å². The Hall–Kier alpha value is -3.06. The molecule has 110 valence electrons. The maximum absolute atomic E-state index is 4.88. The van der Waals surface area contributed by atoms with Crippen molar-refractivity contribution in [3.05, 3.63) is 48.1 Å². The Morgan fingerprint density at radius 2 is 2.00 bits per heavy atom. The van der Waals surface area contributed by atoms with Crippen LogP contribution in [0.2, 0.25) is 0 Å². The fourth-order valence-corrected chi connectivity index (χ4v) is 3.51. The smallest absolute Gasteiger partial charge is 0.133 e. The van der Waals surface area contributed by atoms with Crippen LogP contribution in [0.3, 0.4) is 0 Å². The summed E-state index contributed by atoms with van der Waals surface area (Å²) >= 11 is 1.70. The molecule has 0 saturated heterocycles. The molecule has 0 aliphatic rings. The number of aromatic nitrogens is 6. The molecule has 0 aliphatic carbocycles. The second-order valence-corrected chi connectivity index (χ2v) is 6.07. The van der Waals surface area contributed by atoms with Crippen molar-refractivity contribution >= 4 is 32.5 Å². The van der Waals surface area contributed by atoms with Crippen LogP contribution in [0, 0.1) is 0 Å². The third kappa shape index (κ3) is 1.87. The first-order valence-electron chi connectivity index (χ1n) is 7.08. The van der Waals surface area contributed by atoms with Crippen LogP contribution < -0.4 is 0 Å². The molecular weight excluding hydrogens is 308 g/mol. The maximum Gasteiger partial charge on any atom is 0.133 e. The van der Waals surface area contributed by atoms with Gasteiger partial charge < -0.3 is 4.98 Å². The number of nitrogens with one attached hydrogen (secondary N) is 2. The Balaban J connectivity index is 1.91. The lowest BCUT2D eigenvalue weighted by atomic mass is 10.1. The van der Waals surface area contributed by atoms with E-state index in [0.717, 1.165) is 27.8 Å². The van der Waals surface area contributed by atoms with Crippen LogP contribution in [-0.2, 0) is 0 Å². The zero-order valence-corrected chi connectivity index (χ0v) is 12.6. The summed E-state index contributed by atoms with van der Waals surface area (Å²) in [6, 6.07) is 10.1. The highest BCUT2D eigenvalue weighted by molar-refractivity contribution is 7.17. The van der Waals surface area contributed by atoms with Gasteiger partial charge in [0.1, 0.15) is 17.1 Å². The molecule has 0 saturated carbocycles. The largest absolute Gasteiger partial charge is 0.360 e. The average molecular weight is 318 g/mol. The summed E-state index contributed by atoms with van der Waals surface area (Å²) in [5, 5.41) is 13.9. The van der Waals surface area contributed by atoms with E-state index in [1.807, 2.05) is 24.4 Å². The molecule has 0 fully saturated rings. The Morgan fingerprint density at radius 1 is 1.00 bits per heavy atom. The quantitative estimate of drug-likeness (QED) is 0.520. The van der Waals surface area contributed by atoms with E-state index in [9.17, 15) is 0 Å². The number of benzene rings is 1. The van der Waals surface area contributed by atoms with Gasteiger partial charge in [0.05, 0.1) is 22.9 Å². The summed E-state index contributed by atoms with van der Waals surface area (Å²) in [7, 11) is 0. The Bertz CT molecular complexity index is 1110. The Kier molecular flexibility index (Phi) is 2.56. The monoisotopic (exact) mass is 318 g/mol. The predicted molar refractivity (Wildman–Crippen MR) is 90.1 cm³/mol. The van der Waals surface area contributed by atoms with Crippen LogP contribution in [0.15, 0.2) is 48.1 Å². The van der Waals surface area contributed by atoms with Crippen molar-refractivity contribution in [1.82, 2.24) is 30.4 Å². The highest BCUT2D eigenvalue weighted by atomic mass is 32.1. The number of aromatic amines is 2. The van der Waals surface area contributed by atoms with Crippen LogP contribution in [0.1, 0.15) is 0 Å². The van der Waals surface area contributed by atoms with Crippen LogP contribution in [0.4, 0.5) is 0 Å². The molecule has 5 aromatic rings. The van der Waals surface area contributed by atoms with Crippen molar-refractivity contribution in [2.24, 2.45) is 0 Å². The van der Waals surface area contributed by atoms with E-state index in [4.69, 9.17) is 9.97 Å². The topological polar surface area (TPSA) is 83.1 Å². The number of hydrogen-bond acceptors (Lipinski definition) is 5. The van der Waals surface area contributed by atoms with E-state index in [2.05, 4.69) is 37.9 Å². The second-order valence-electron chi connectivity index (χ2n) is 5.13. The molecule has 0 unspecified atom stereocenters. The summed E-state index contributed by atoms with van der Waals surface area (Å²) < 4.78 is 1.20. The van der Waals surface area contributed by atoms with Crippen molar-refractivity contribution in [2.45, 2.75) is 0 Å². The summed E-state index contributed by atoms with van der Waals surface area (Å²) in [6.07, 6.45) is 3.53. The maximum atomic E-state index is 4.88. The van der Waals surface area contributed by atoms with Crippen LogP contribution >= 0.6 is 11.3 Å². The molecule has 23 heavy (non-hydrogen) atoms. The molecule has 0 bridgehead atoms. The van der Waals surface area contributed by atoms with Crippen LogP contribution in [0.5, 0.6) is 0 Å². The first-order valence-corrected chi connectivity index (χ1v) is 7.96. The fraction of sp³-hybridized carbons (Fsp3) is 0. The normalized spacial score (nSPS) is 11.5. The lowest BCUT2D eigenvalue weighted by Crippen LogP contribution is -1.96. The molecule has 4 aromatic heterocycles. The lowest BCUT2D eigenvalue weighted by molar-refractivity contribution is 0.941. The molecule has 2 N–H and O–H groups in total. The SMILES string of the molecule is c1c[nH]c(-c2nc3ccc4sccc4c3nc2-c2cn[nH]n2)c1. The second kappa shape index (κ2) is 4.72. The molecular formula is C16H10N6S. The summed E-state index contributed by atoms with van der Waals surface area (Å²) in [5.41, 5.74) is 4.82. The number of H-pyrrole nitrogens is 2. The number of nitrogens with zero attached hydrogens (tertiary/aromatic N) is 4. The molecule has 0 aliphatic heterocycles. The van der Waals surface area contributed by atoms with E-state index in [1.54, 1.807) is 17.5 Å². The number of thiophene rings is 1. The van der Waals surface area contributed by atoms with Crippen molar-refractivity contribution in [3.63, 3.8) is 0 Å². The van der Waals surface area contributed by atoms with Gasteiger partial charge in [0.25, 0.3) is 0 Å². The fourth-order valence-electron chi connectivity index (χ4n) is 2.72. The molecule has 1 aromatic carbocycles. The predicted octanol–water partition coefficient (Wildman–Crippen LogP) is 3.62. The highest BCUT2D eigenvalue weighted by Crippen LogP contribution is 2.32. The molecule has 0 atom stereocenters. The van der Waals surface area contributed by atoms with Gasteiger partial charge in [-0.1, -0.05) is 0 Å². The van der Waals surface area contributed by atoms with E-state index in [1.165, 1.54) is 4.70 Å². The third-order valence-corrected chi connectivity index (χ3v) is 4.66. The highest BCUT2D eigenvalue weighted by Gasteiger charge is 2.17. The van der Waals surface area contributed by atoms with Gasteiger partial charge in [-0.3, -0.25) is 0 Å². The van der Waals surface area contributed by atoms with Gasteiger partial charge in [-0.25, -0.2) is 9.97 Å². The molecule has 0 amide bonds. The zero-order chi connectivity index (χ0) is 15.2. The van der Waals surface area contributed by atoms with Gasteiger partial charge in [-0.15, -0.1) is 11.3 Å². The molecule has 0 radical (unpaired) electrons. The van der Waals surface area contributed by atoms with Gasteiger partial charge in [-0.2, -0.15) is 15.4 Å². The van der Waals surface area contributed by atoms with E-state index >= 15 is 0 Å². The Labute approximate surface area is 134 Å². The van der Waals surface area contributed by atoms with Crippen molar-refractivity contribution in [1.29, 1.82) is 0 Å². The summed E-state index contributed by atoms with van der Waals surface area (Å²) in [6.45, 7) is 0. The molecule has 5 rings (SSSR count). The van der Waals surface area contributed by atoms with Gasteiger partial charge in [0.15, 0.2) is 0 Å². The molecule has 4 heterocycles. The minimum Gasteiger partial charge on any atom is -0.360 e. The van der Waals surface area contributed by atoms with Crippen LogP contribution in [0.25, 0.3) is 43.9 Å². The Morgan fingerprint density at radius 3 is 2.83 bits per heavy atom. The number of rotatable bonds is 2.